The van der Waals surface area contributed by atoms with Crippen molar-refractivity contribution in [3.05, 3.63) is 0 Å². The lowest BCUT2D eigenvalue weighted by Gasteiger charge is -2.33. The monoisotopic (exact) mass is 126 g/mol. The van der Waals surface area contributed by atoms with Crippen molar-refractivity contribution in [3.8, 4) is 0 Å². The maximum Gasteiger partial charge on any atom is -0.0386 e. The molecule has 1 unspecified atom stereocenters. The van der Waals surface area contributed by atoms with Crippen LogP contribution in [-0.2, 0) is 0 Å². The molecule has 0 heteroatoms. The smallest absolute Gasteiger partial charge is 0.0386 e. The summed E-state index contributed by atoms with van der Waals surface area (Å²) in [6.45, 7) is 7.07. The molecule has 1 aliphatic carbocycles. The van der Waals surface area contributed by atoms with Gasteiger partial charge in [0.25, 0.3) is 0 Å². The Morgan fingerprint density at radius 1 is 1.11 bits per heavy atom. The molecule has 0 N–H and O–H groups in total. The van der Waals surface area contributed by atoms with E-state index in [0.29, 0.717) is 0 Å². The molecular weight excluding hydrogens is 108 g/mol. The Bertz CT molecular complexity index is 80.0. The minimum atomic E-state index is 0.898. The molecular formula is C9H18. The predicted molar refractivity (Wildman–Crippen MR) is 41.3 cm³/mol. The van der Waals surface area contributed by atoms with Crippen LogP contribution in [0.5, 0.6) is 0 Å². The fourth-order valence-electron chi connectivity index (χ4n) is 1.51. The first-order chi connectivity index (χ1) is 4.22. The van der Waals surface area contributed by atoms with E-state index in [1.54, 1.807) is 0 Å². The molecule has 0 aromatic carbocycles. The van der Waals surface area contributed by atoms with Crippen molar-refractivity contribution in [2.75, 3.05) is 0 Å². The van der Waals surface area contributed by atoms with Crippen LogP contribution < -0.4 is 0 Å². The summed E-state index contributed by atoms with van der Waals surface area (Å²) in [4.78, 5) is 0. The van der Waals surface area contributed by atoms with Gasteiger partial charge in [-0.05, 0) is 17.8 Å². The van der Waals surface area contributed by atoms with Crippen LogP contribution in [0.2, 0.25) is 0 Å². The van der Waals surface area contributed by atoms with Crippen molar-refractivity contribution < 1.29 is 0 Å². The first-order valence-corrected chi connectivity index (χ1v) is 4.22. The van der Waals surface area contributed by atoms with Gasteiger partial charge in [0.2, 0.25) is 0 Å². The van der Waals surface area contributed by atoms with Crippen LogP contribution in [0, 0.1) is 17.8 Å². The Labute approximate surface area is 58.7 Å². The second-order valence-electron chi connectivity index (χ2n) is 3.79. The third-order valence-corrected chi connectivity index (χ3v) is 2.94. The van der Waals surface area contributed by atoms with E-state index >= 15 is 0 Å². The number of hydrogen-bond donors (Lipinski definition) is 0. The van der Waals surface area contributed by atoms with Gasteiger partial charge in [-0.3, -0.25) is 0 Å². The SMILES string of the molecule is CC(C)C(C)C1CCC1. The van der Waals surface area contributed by atoms with E-state index in [-0.39, 0.29) is 0 Å². The van der Waals surface area contributed by atoms with Crippen LogP contribution in [0.15, 0.2) is 0 Å². The van der Waals surface area contributed by atoms with Gasteiger partial charge in [0.15, 0.2) is 0 Å². The molecule has 1 aliphatic rings. The highest BCUT2D eigenvalue weighted by atomic mass is 14.3. The van der Waals surface area contributed by atoms with Gasteiger partial charge in [0, 0.05) is 0 Å². The summed E-state index contributed by atoms with van der Waals surface area (Å²) in [6.07, 6.45) is 4.49. The lowest BCUT2D eigenvalue weighted by molar-refractivity contribution is 0.176. The van der Waals surface area contributed by atoms with Crippen LogP contribution in [0.1, 0.15) is 40.0 Å². The number of hydrogen-bond acceptors (Lipinski definition) is 0. The molecule has 0 saturated heterocycles. The molecule has 9 heavy (non-hydrogen) atoms. The molecule has 0 spiro atoms. The van der Waals surface area contributed by atoms with Crippen LogP contribution >= 0.6 is 0 Å². The van der Waals surface area contributed by atoms with Gasteiger partial charge in [-0.1, -0.05) is 40.0 Å². The van der Waals surface area contributed by atoms with E-state index in [1.165, 1.54) is 19.3 Å². The minimum absolute atomic E-state index is 0.898. The Morgan fingerprint density at radius 3 is 1.78 bits per heavy atom. The summed E-state index contributed by atoms with van der Waals surface area (Å²) in [6, 6.07) is 0. The average molecular weight is 126 g/mol. The Balaban J connectivity index is 2.23. The third kappa shape index (κ3) is 1.47. The summed E-state index contributed by atoms with van der Waals surface area (Å²) in [5.41, 5.74) is 0. The van der Waals surface area contributed by atoms with Crippen molar-refractivity contribution in [2.24, 2.45) is 17.8 Å². The van der Waals surface area contributed by atoms with Crippen LogP contribution in [0.4, 0.5) is 0 Å². The molecule has 0 heterocycles. The highest BCUT2D eigenvalue weighted by molar-refractivity contribution is 4.76. The second kappa shape index (κ2) is 2.72. The average Bonchev–Trinajstić information content (AvgIpc) is 1.60. The van der Waals surface area contributed by atoms with Gasteiger partial charge in [-0.25, -0.2) is 0 Å². The van der Waals surface area contributed by atoms with Crippen molar-refractivity contribution in [1.82, 2.24) is 0 Å². The van der Waals surface area contributed by atoms with Crippen molar-refractivity contribution in [3.63, 3.8) is 0 Å². The largest absolute Gasteiger partial charge is 0.0625 e. The van der Waals surface area contributed by atoms with E-state index in [2.05, 4.69) is 20.8 Å². The lowest BCUT2D eigenvalue weighted by Crippen LogP contribution is -2.23. The van der Waals surface area contributed by atoms with Crippen molar-refractivity contribution in [1.29, 1.82) is 0 Å². The minimum Gasteiger partial charge on any atom is -0.0625 e. The molecule has 1 saturated carbocycles. The van der Waals surface area contributed by atoms with Gasteiger partial charge in [0.05, 0.1) is 0 Å². The first-order valence-electron chi connectivity index (χ1n) is 4.22. The standard InChI is InChI=1S/C9H18/c1-7(2)8(3)9-5-4-6-9/h7-9H,4-6H2,1-3H3. The molecule has 0 nitrogen and oxygen atoms in total. The fraction of sp³-hybridized carbons (Fsp3) is 1.00. The Kier molecular flexibility index (Phi) is 2.15. The second-order valence-corrected chi connectivity index (χ2v) is 3.79. The molecule has 0 aromatic rings. The summed E-state index contributed by atoms with van der Waals surface area (Å²) in [5, 5.41) is 0. The van der Waals surface area contributed by atoms with Crippen molar-refractivity contribution >= 4 is 0 Å². The lowest BCUT2D eigenvalue weighted by atomic mass is 9.72. The highest BCUT2D eigenvalue weighted by Gasteiger charge is 2.25. The zero-order chi connectivity index (χ0) is 6.85. The Hall–Kier alpha value is 0. The molecule has 1 atom stereocenters. The molecule has 54 valence electrons. The fourth-order valence-corrected chi connectivity index (χ4v) is 1.51. The van der Waals surface area contributed by atoms with Gasteiger partial charge in [-0.15, -0.1) is 0 Å². The van der Waals surface area contributed by atoms with E-state index in [4.69, 9.17) is 0 Å². The maximum absolute atomic E-state index is 2.40. The number of rotatable bonds is 2. The zero-order valence-corrected chi connectivity index (χ0v) is 6.85. The third-order valence-electron chi connectivity index (χ3n) is 2.94. The molecule has 1 rings (SSSR count). The van der Waals surface area contributed by atoms with Gasteiger partial charge in [-0.2, -0.15) is 0 Å². The predicted octanol–water partition coefficient (Wildman–Crippen LogP) is 3.08. The molecule has 1 fully saturated rings. The Morgan fingerprint density at radius 2 is 1.67 bits per heavy atom. The van der Waals surface area contributed by atoms with E-state index in [1.807, 2.05) is 0 Å². The zero-order valence-electron chi connectivity index (χ0n) is 6.85. The van der Waals surface area contributed by atoms with E-state index in [0.717, 1.165) is 17.8 Å². The van der Waals surface area contributed by atoms with Gasteiger partial charge >= 0.3 is 0 Å². The van der Waals surface area contributed by atoms with Crippen LogP contribution in [0.3, 0.4) is 0 Å². The first kappa shape index (κ1) is 7.11. The summed E-state index contributed by atoms with van der Waals surface area (Å²) in [7, 11) is 0. The molecule has 0 bridgehead atoms. The van der Waals surface area contributed by atoms with Gasteiger partial charge < -0.3 is 0 Å². The summed E-state index contributed by atoms with van der Waals surface area (Å²) < 4.78 is 0. The quantitative estimate of drug-likeness (QED) is 0.533. The topological polar surface area (TPSA) is 0 Å². The summed E-state index contributed by atoms with van der Waals surface area (Å²) in [5.74, 6) is 2.94. The molecule has 0 amide bonds. The highest BCUT2D eigenvalue weighted by Crippen LogP contribution is 2.36. The summed E-state index contributed by atoms with van der Waals surface area (Å²) >= 11 is 0. The van der Waals surface area contributed by atoms with E-state index < -0.39 is 0 Å². The van der Waals surface area contributed by atoms with Crippen molar-refractivity contribution in [2.45, 2.75) is 40.0 Å². The normalized spacial score (nSPS) is 24.0. The molecule has 0 aromatic heterocycles. The van der Waals surface area contributed by atoms with E-state index in [9.17, 15) is 0 Å². The maximum atomic E-state index is 2.40. The van der Waals surface area contributed by atoms with Crippen LogP contribution in [-0.4, -0.2) is 0 Å². The van der Waals surface area contributed by atoms with Crippen LogP contribution in [0.25, 0.3) is 0 Å². The molecule has 0 aliphatic heterocycles. The molecule has 0 radical (unpaired) electrons. The van der Waals surface area contributed by atoms with Gasteiger partial charge in [0.1, 0.15) is 0 Å².